The maximum atomic E-state index is 14.3. The van der Waals surface area contributed by atoms with Crippen molar-refractivity contribution in [1.82, 2.24) is 14.8 Å². The third-order valence-corrected chi connectivity index (χ3v) is 8.72. The molecule has 1 aliphatic carbocycles. The van der Waals surface area contributed by atoms with Gasteiger partial charge in [-0.2, -0.15) is 0 Å². The zero-order chi connectivity index (χ0) is 26.8. The molecular weight excluding hydrogens is 482 g/mol. The minimum Gasteiger partial charge on any atom is -0.345 e. The molecule has 1 aromatic heterocycles. The summed E-state index contributed by atoms with van der Waals surface area (Å²) in [4.78, 5) is 30.9. The normalized spacial score (nSPS) is 20.0. The fourth-order valence-electron chi connectivity index (χ4n) is 6.73. The molecule has 1 atom stereocenters. The summed E-state index contributed by atoms with van der Waals surface area (Å²) in [6.07, 6.45) is 5.91. The molecule has 39 heavy (non-hydrogen) atoms. The van der Waals surface area contributed by atoms with E-state index in [1.807, 2.05) is 72.8 Å². The second-order valence-electron chi connectivity index (χ2n) is 11.3. The van der Waals surface area contributed by atoms with Crippen molar-refractivity contribution < 1.29 is 4.79 Å². The number of benzene rings is 3. The first-order valence-electron chi connectivity index (χ1n) is 14.4. The lowest BCUT2D eigenvalue weighted by molar-refractivity contribution is 0.0934. The third-order valence-electron chi connectivity index (χ3n) is 8.72. The number of aromatic nitrogens is 1. The molecule has 0 unspecified atom stereocenters. The van der Waals surface area contributed by atoms with E-state index in [9.17, 15) is 9.59 Å². The summed E-state index contributed by atoms with van der Waals surface area (Å²) in [6, 6.07) is 27.4. The zero-order valence-corrected chi connectivity index (χ0v) is 22.7. The first-order valence-corrected chi connectivity index (χ1v) is 14.4. The van der Waals surface area contributed by atoms with Crippen LogP contribution in [0.25, 0.3) is 16.5 Å². The van der Waals surface area contributed by atoms with Crippen LogP contribution in [0.15, 0.2) is 89.7 Å². The van der Waals surface area contributed by atoms with Crippen molar-refractivity contribution in [1.29, 1.82) is 0 Å². The molecule has 1 N–H and O–H groups in total. The Bertz CT molecular complexity index is 1490. The maximum Gasteiger partial charge on any atom is 0.263 e. The van der Waals surface area contributed by atoms with E-state index in [4.69, 9.17) is 0 Å². The van der Waals surface area contributed by atoms with Crippen LogP contribution in [0.1, 0.15) is 66.7 Å². The van der Waals surface area contributed by atoms with E-state index in [1.165, 1.54) is 25.7 Å². The van der Waals surface area contributed by atoms with Crippen LogP contribution < -0.4 is 10.9 Å². The Morgan fingerprint density at radius 2 is 1.38 bits per heavy atom. The van der Waals surface area contributed by atoms with E-state index >= 15 is 0 Å². The molecule has 3 aromatic carbocycles. The number of amides is 1. The first-order chi connectivity index (χ1) is 19.1. The number of hydrogen-bond donors (Lipinski definition) is 1. The number of carbonyl (C=O) groups excluding carboxylic acids is 1. The lowest BCUT2D eigenvalue weighted by Crippen LogP contribution is -2.36. The molecule has 1 amide bonds. The van der Waals surface area contributed by atoms with Crippen molar-refractivity contribution in [3.63, 3.8) is 0 Å². The third kappa shape index (κ3) is 5.16. The number of nitrogens with zero attached hydrogens (tertiary/aromatic N) is 2. The highest BCUT2D eigenvalue weighted by Crippen LogP contribution is 2.35. The second-order valence-corrected chi connectivity index (χ2v) is 11.3. The highest BCUT2D eigenvalue weighted by Gasteiger charge is 2.32. The van der Waals surface area contributed by atoms with Crippen LogP contribution in [-0.2, 0) is 6.54 Å². The smallest absolute Gasteiger partial charge is 0.263 e. The molecule has 2 aliphatic heterocycles. The highest BCUT2D eigenvalue weighted by molar-refractivity contribution is 6.08. The lowest BCUT2D eigenvalue weighted by atomic mass is 9.84. The van der Waals surface area contributed by atoms with Crippen LogP contribution in [0.3, 0.4) is 0 Å². The Morgan fingerprint density at radius 1 is 0.821 bits per heavy atom. The van der Waals surface area contributed by atoms with Gasteiger partial charge in [0.2, 0.25) is 0 Å². The summed E-state index contributed by atoms with van der Waals surface area (Å²) in [6.45, 7) is 4.71. The molecule has 1 saturated carbocycles. The predicted molar refractivity (Wildman–Crippen MR) is 157 cm³/mol. The van der Waals surface area contributed by atoms with E-state index in [1.54, 1.807) is 4.57 Å². The van der Waals surface area contributed by atoms with E-state index in [2.05, 4.69) is 29.3 Å². The fraction of sp³-hybridized carbons (Fsp3) is 0.353. The van der Waals surface area contributed by atoms with Gasteiger partial charge >= 0.3 is 0 Å². The standard InChI is InChI=1S/C34H37N3O2/c1-2-30(26-11-5-3-6-12-26)35-33(38)32-28-15-9-10-16-29(28)34(39)37(27-13-7-4-8-14-27)31(32)23-36-21-24-17-18-25(22-36)20-19-24/h3-16,24-25,30H,2,17-23H2,1H3,(H,35,38)/t24?,25?,30-/m0/s1. The molecule has 7 rings (SSSR count). The summed E-state index contributed by atoms with van der Waals surface area (Å²) in [7, 11) is 0. The molecular formula is C34H37N3O2. The van der Waals surface area contributed by atoms with Crippen LogP contribution in [-0.4, -0.2) is 28.5 Å². The SMILES string of the molecule is CC[C@H](NC(=O)c1c(CN2CC3CCC(CC3)C2)n(-c2ccccc2)c(=O)c2ccccc12)c1ccccc1. The fourth-order valence-corrected chi connectivity index (χ4v) is 6.73. The Balaban J connectivity index is 1.52. The first kappa shape index (κ1) is 25.6. The van der Waals surface area contributed by atoms with Crippen molar-refractivity contribution in [2.24, 2.45) is 11.8 Å². The maximum absolute atomic E-state index is 14.3. The van der Waals surface area contributed by atoms with Crippen LogP contribution >= 0.6 is 0 Å². The molecule has 2 saturated heterocycles. The average molecular weight is 520 g/mol. The van der Waals surface area contributed by atoms with Gasteiger partial charge in [-0.25, -0.2) is 0 Å². The summed E-state index contributed by atoms with van der Waals surface area (Å²) in [5, 5.41) is 4.63. The van der Waals surface area contributed by atoms with Gasteiger partial charge in [0.05, 0.1) is 17.3 Å². The second kappa shape index (κ2) is 11.2. The molecule has 4 aromatic rings. The van der Waals surface area contributed by atoms with Crippen molar-refractivity contribution >= 4 is 16.7 Å². The number of fused-ring (bicyclic) bond motifs is 5. The molecule has 200 valence electrons. The minimum atomic E-state index is -0.126. The summed E-state index contributed by atoms with van der Waals surface area (Å²) >= 11 is 0. The van der Waals surface area contributed by atoms with Gasteiger partial charge in [0, 0.05) is 36.1 Å². The average Bonchev–Trinajstić information content (AvgIpc) is 3.30. The van der Waals surface area contributed by atoms with Gasteiger partial charge in [0.15, 0.2) is 0 Å². The number of hydrogen-bond acceptors (Lipinski definition) is 3. The summed E-state index contributed by atoms with van der Waals surface area (Å²) < 4.78 is 1.80. The number of pyridine rings is 1. The van der Waals surface area contributed by atoms with Crippen molar-refractivity contribution in [2.45, 2.75) is 51.6 Å². The monoisotopic (exact) mass is 519 g/mol. The molecule has 0 radical (unpaired) electrons. The van der Waals surface area contributed by atoms with Gasteiger partial charge < -0.3 is 5.32 Å². The van der Waals surface area contributed by atoms with E-state index in [0.717, 1.165) is 41.8 Å². The topological polar surface area (TPSA) is 54.3 Å². The van der Waals surface area contributed by atoms with Crippen LogP contribution in [0.5, 0.6) is 0 Å². The predicted octanol–water partition coefficient (Wildman–Crippen LogP) is 6.49. The van der Waals surface area contributed by atoms with E-state index in [0.29, 0.717) is 29.3 Å². The van der Waals surface area contributed by atoms with E-state index in [-0.39, 0.29) is 17.5 Å². The molecule has 5 nitrogen and oxygen atoms in total. The van der Waals surface area contributed by atoms with Crippen molar-refractivity contribution in [3.05, 3.63) is 112 Å². The van der Waals surface area contributed by atoms with Gasteiger partial charge in [-0.3, -0.25) is 19.1 Å². The molecule has 2 bridgehead atoms. The molecule has 3 aliphatic rings. The van der Waals surface area contributed by atoms with Crippen LogP contribution in [0.4, 0.5) is 0 Å². The van der Waals surface area contributed by atoms with Gasteiger partial charge in [0.25, 0.3) is 11.5 Å². The number of nitrogens with one attached hydrogen (secondary N) is 1. The van der Waals surface area contributed by atoms with Crippen molar-refractivity contribution in [2.75, 3.05) is 13.1 Å². The largest absolute Gasteiger partial charge is 0.345 e. The van der Waals surface area contributed by atoms with Crippen LogP contribution in [0, 0.1) is 11.8 Å². The summed E-state index contributed by atoms with van der Waals surface area (Å²) in [5.41, 5.74) is 3.20. The van der Waals surface area contributed by atoms with Crippen molar-refractivity contribution in [3.8, 4) is 5.69 Å². The van der Waals surface area contributed by atoms with Gasteiger partial charge in [-0.05, 0) is 67.7 Å². The zero-order valence-electron chi connectivity index (χ0n) is 22.7. The number of rotatable bonds is 7. The Kier molecular flexibility index (Phi) is 7.34. The molecule has 3 fully saturated rings. The van der Waals surface area contributed by atoms with Gasteiger partial charge in [-0.15, -0.1) is 0 Å². The van der Waals surface area contributed by atoms with Gasteiger partial charge in [-0.1, -0.05) is 73.7 Å². The van der Waals surface area contributed by atoms with Gasteiger partial charge in [0.1, 0.15) is 0 Å². The quantitative estimate of drug-likeness (QED) is 0.304. The number of carbonyl (C=O) groups is 1. The highest BCUT2D eigenvalue weighted by atomic mass is 16.2. The minimum absolute atomic E-state index is 0.0729. The Morgan fingerprint density at radius 3 is 2.00 bits per heavy atom. The number of para-hydroxylation sites is 1. The lowest BCUT2D eigenvalue weighted by Gasteiger charge is -2.27. The Hall–Kier alpha value is -3.70. The van der Waals surface area contributed by atoms with Crippen LogP contribution in [0.2, 0.25) is 0 Å². The van der Waals surface area contributed by atoms with E-state index < -0.39 is 0 Å². The summed E-state index contributed by atoms with van der Waals surface area (Å²) in [5.74, 6) is 1.27. The Labute approximate surface area is 230 Å². The molecule has 5 heteroatoms. The molecule has 3 heterocycles. The molecule has 0 spiro atoms.